The maximum absolute atomic E-state index is 6.43. The minimum Gasteiger partial charge on any atom is -0.456 e. The van der Waals surface area contributed by atoms with Gasteiger partial charge in [0, 0.05) is 0 Å². The van der Waals surface area contributed by atoms with Gasteiger partial charge in [-0.3, -0.25) is 0 Å². The molecule has 4 aromatic carbocycles. The lowest BCUT2D eigenvalue weighted by Gasteiger charge is -2.39. The molecule has 3 heteroatoms. The van der Waals surface area contributed by atoms with Gasteiger partial charge in [0.25, 0.3) is 0 Å². The number of hydrogen-bond acceptors (Lipinski definition) is 1. The highest BCUT2D eigenvalue weighted by Gasteiger charge is 2.48. The second kappa shape index (κ2) is 6.66. The van der Waals surface area contributed by atoms with Gasteiger partial charge in [-0.15, -0.1) is 0 Å². The molecule has 4 aromatic rings. The zero-order valence-electron chi connectivity index (χ0n) is 14.6. The van der Waals surface area contributed by atoms with E-state index < -0.39 is 8.07 Å². The van der Waals surface area contributed by atoms with Crippen LogP contribution in [-0.4, -0.2) is 8.07 Å². The molecule has 5 rings (SSSR count). The number of ether oxygens (including phenoxy) is 1. The zero-order valence-corrected chi connectivity index (χ0v) is 17.8. The third-order valence-corrected chi connectivity index (χ3v) is 11.0. The molecule has 0 aliphatic carbocycles. The number of para-hydroxylation sites is 2. The van der Waals surface area contributed by atoms with Gasteiger partial charge < -0.3 is 4.74 Å². The predicted octanol–water partition coefficient (Wildman–Crippen LogP) is 3.77. The van der Waals surface area contributed by atoms with Crippen LogP contribution in [0.25, 0.3) is 0 Å². The van der Waals surface area contributed by atoms with E-state index in [1.807, 2.05) is 0 Å². The van der Waals surface area contributed by atoms with E-state index in [2.05, 4.69) is 126 Å². The van der Waals surface area contributed by atoms with Crippen LogP contribution in [0.1, 0.15) is 0 Å². The van der Waals surface area contributed by atoms with Gasteiger partial charge >= 0.3 is 0 Å². The first-order chi connectivity index (χ1) is 13.3. The topological polar surface area (TPSA) is 9.23 Å². The van der Waals surface area contributed by atoms with Crippen molar-refractivity contribution in [1.29, 1.82) is 0 Å². The Hall–Kier alpha value is -2.37. The lowest BCUT2D eigenvalue weighted by atomic mass is 10.3. The SMILES string of the molecule is Ic1cccc2c1Oc1ccccc1[Si]2(c1ccccc1)c1ccccc1. The van der Waals surface area contributed by atoms with Gasteiger partial charge in [-0.05, 0) is 55.5 Å². The second-order valence-corrected chi connectivity index (χ2v) is 11.6. The summed E-state index contributed by atoms with van der Waals surface area (Å²) < 4.78 is 7.59. The van der Waals surface area contributed by atoms with Gasteiger partial charge in [0.1, 0.15) is 11.5 Å². The van der Waals surface area contributed by atoms with Gasteiger partial charge in [-0.1, -0.05) is 91.0 Å². The van der Waals surface area contributed by atoms with Crippen LogP contribution in [0.3, 0.4) is 0 Å². The summed E-state index contributed by atoms with van der Waals surface area (Å²) in [5.41, 5.74) is 0. The smallest absolute Gasteiger partial charge is 0.188 e. The van der Waals surface area contributed by atoms with Gasteiger partial charge in [-0.25, -0.2) is 0 Å². The Labute approximate surface area is 173 Å². The van der Waals surface area contributed by atoms with Crippen molar-refractivity contribution in [3.8, 4) is 11.5 Å². The molecular weight excluding hydrogens is 459 g/mol. The zero-order chi connectivity index (χ0) is 18.3. The Morgan fingerprint density at radius 2 is 1.11 bits per heavy atom. The average Bonchev–Trinajstić information content (AvgIpc) is 2.74. The molecule has 0 radical (unpaired) electrons. The summed E-state index contributed by atoms with van der Waals surface area (Å²) in [5.74, 6) is 1.99. The minimum absolute atomic E-state index is 0.980. The summed E-state index contributed by atoms with van der Waals surface area (Å²) in [6.07, 6.45) is 0. The Morgan fingerprint density at radius 1 is 0.556 bits per heavy atom. The Kier molecular flexibility index (Phi) is 4.14. The van der Waals surface area contributed by atoms with Crippen molar-refractivity contribution in [3.05, 3.63) is 107 Å². The molecule has 0 saturated heterocycles. The molecule has 1 nitrogen and oxygen atoms in total. The molecule has 0 N–H and O–H groups in total. The van der Waals surface area contributed by atoms with E-state index >= 15 is 0 Å². The summed E-state index contributed by atoms with van der Waals surface area (Å²) in [7, 11) is -2.44. The van der Waals surface area contributed by atoms with Crippen LogP contribution in [-0.2, 0) is 0 Å². The molecule has 1 aliphatic heterocycles. The largest absolute Gasteiger partial charge is 0.456 e. The maximum Gasteiger partial charge on any atom is 0.188 e. The number of halogens is 1. The summed E-state index contributed by atoms with van der Waals surface area (Å²) in [6, 6.07) is 37.0. The van der Waals surface area contributed by atoms with Crippen LogP contribution in [0, 0.1) is 3.57 Å². The van der Waals surface area contributed by atoms with Crippen molar-refractivity contribution < 1.29 is 4.74 Å². The fourth-order valence-electron chi connectivity index (χ4n) is 4.19. The molecule has 1 aliphatic rings. The number of benzene rings is 4. The van der Waals surface area contributed by atoms with Crippen molar-refractivity contribution >= 4 is 51.4 Å². The molecule has 0 aromatic heterocycles. The van der Waals surface area contributed by atoms with Crippen LogP contribution in [0.2, 0.25) is 0 Å². The van der Waals surface area contributed by atoms with E-state index in [9.17, 15) is 0 Å². The highest BCUT2D eigenvalue weighted by molar-refractivity contribution is 14.1. The van der Waals surface area contributed by atoms with E-state index in [-0.39, 0.29) is 0 Å². The molecule has 130 valence electrons. The summed E-state index contributed by atoms with van der Waals surface area (Å²) in [4.78, 5) is 0. The number of fused-ring (bicyclic) bond motifs is 2. The molecule has 0 spiro atoms. The van der Waals surface area contributed by atoms with Crippen LogP contribution >= 0.6 is 22.6 Å². The summed E-state index contributed by atoms with van der Waals surface area (Å²) in [5, 5.41) is 5.41. The fourth-order valence-corrected chi connectivity index (χ4v) is 10.0. The van der Waals surface area contributed by atoms with Gasteiger partial charge in [0.05, 0.1) is 3.57 Å². The first-order valence-corrected chi connectivity index (χ1v) is 12.1. The lowest BCUT2D eigenvalue weighted by Crippen LogP contribution is -2.76. The molecule has 0 unspecified atom stereocenters. The van der Waals surface area contributed by atoms with Crippen molar-refractivity contribution in [2.75, 3.05) is 0 Å². The van der Waals surface area contributed by atoms with Crippen molar-refractivity contribution in [3.63, 3.8) is 0 Å². The van der Waals surface area contributed by atoms with Crippen LogP contribution in [0.5, 0.6) is 11.5 Å². The normalized spacial score (nSPS) is 14.0. The molecule has 0 fully saturated rings. The van der Waals surface area contributed by atoms with E-state index in [1.54, 1.807) is 0 Å². The van der Waals surface area contributed by atoms with Crippen molar-refractivity contribution in [2.24, 2.45) is 0 Å². The molecule has 0 bridgehead atoms. The predicted molar refractivity (Wildman–Crippen MR) is 123 cm³/mol. The number of rotatable bonds is 2. The van der Waals surface area contributed by atoms with E-state index in [0.717, 1.165) is 15.1 Å². The highest BCUT2D eigenvalue weighted by Crippen LogP contribution is 2.32. The standard InChI is InChI=1S/C24H17IOSi/c25-20-14-9-17-23-24(20)26-21-15-7-8-16-22(21)27(23,18-10-3-1-4-11-18)19-12-5-2-6-13-19/h1-17H. The molecule has 27 heavy (non-hydrogen) atoms. The first kappa shape index (κ1) is 16.8. The van der Waals surface area contributed by atoms with Crippen LogP contribution in [0.15, 0.2) is 103 Å². The van der Waals surface area contributed by atoms with Crippen LogP contribution < -0.4 is 25.5 Å². The van der Waals surface area contributed by atoms with Gasteiger partial charge in [0.15, 0.2) is 8.07 Å². The molecule has 0 atom stereocenters. The third-order valence-electron chi connectivity index (χ3n) is 5.29. The monoisotopic (exact) mass is 476 g/mol. The summed E-state index contributed by atoms with van der Waals surface area (Å²) in [6.45, 7) is 0. The Balaban J connectivity index is 1.99. The van der Waals surface area contributed by atoms with E-state index in [4.69, 9.17) is 4.74 Å². The van der Waals surface area contributed by atoms with Gasteiger partial charge in [-0.2, -0.15) is 0 Å². The fraction of sp³-hybridized carbons (Fsp3) is 0. The van der Waals surface area contributed by atoms with Gasteiger partial charge in [0.2, 0.25) is 0 Å². The highest BCUT2D eigenvalue weighted by atomic mass is 127. The van der Waals surface area contributed by atoms with E-state index in [0.29, 0.717) is 0 Å². The average molecular weight is 476 g/mol. The molecule has 0 amide bonds. The molecular formula is C24H17IOSi. The van der Waals surface area contributed by atoms with Crippen molar-refractivity contribution in [1.82, 2.24) is 0 Å². The number of hydrogen-bond donors (Lipinski definition) is 0. The Morgan fingerprint density at radius 3 is 1.78 bits per heavy atom. The summed E-state index contributed by atoms with van der Waals surface area (Å²) >= 11 is 2.39. The van der Waals surface area contributed by atoms with Crippen molar-refractivity contribution in [2.45, 2.75) is 0 Å². The van der Waals surface area contributed by atoms with E-state index in [1.165, 1.54) is 20.7 Å². The molecule has 1 heterocycles. The quantitative estimate of drug-likeness (QED) is 0.279. The Bertz CT molecular complexity index is 1070. The lowest BCUT2D eigenvalue weighted by molar-refractivity contribution is 0.483. The molecule has 0 saturated carbocycles. The first-order valence-electron chi connectivity index (χ1n) is 8.99. The second-order valence-electron chi connectivity index (χ2n) is 6.70. The maximum atomic E-state index is 6.43. The van der Waals surface area contributed by atoms with Crippen LogP contribution in [0.4, 0.5) is 0 Å². The minimum atomic E-state index is -2.44. The third kappa shape index (κ3) is 2.49.